The Hall–Kier alpha value is -2.95. The van der Waals surface area contributed by atoms with Crippen molar-refractivity contribution >= 4 is 16.9 Å². The zero-order valence-electron chi connectivity index (χ0n) is 19.4. The van der Waals surface area contributed by atoms with E-state index in [4.69, 9.17) is 0 Å². The summed E-state index contributed by atoms with van der Waals surface area (Å²) in [7, 11) is 0. The second-order valence-electron chi connectivity index (χ2n) is 9.23. The molecular formula is C27H33N3O2. The van der Waals surface area contributed by atoms with Crippen LogP contribution in [0.2, 0.25) is 0 Å². The van der Waals surface area contributed by atoms with Crippen LogP contribution in [0.25, 0.3) is 11.0 Å². The highest BCUT2D eigenvalue weighted by atomic mass is 16.1. The van der Waals surface area contributed by atoms with E-state index in [9.17, 15) is 9.59 Å². The summed E-state index contributed by atoms with van der Waals surface area (Å²) in [5.74, 6) is -0.00408. The third kappa shape index (κ3) is 4.93. The van der Waals surface area contributed by atoms with Gasteiger partial charge >= 0.3 is 0 Å². The number of hydrogen-bond acceptors (Lipinski definition) is 3. The number of nitrogens with zero attached hydrogens (tertiary/aromatic N) is 2. The first kappa shape index (κ1) is 22.3. The molecule has 5 heteroatoms. The molecule has 1 aliphatic rings. The molecule has 4 rings (SSSR count). The highest BCUT2D eigenvalue weighted by molar-refractivity contribution is 5.94. The predicted octanol–water partition coefficient (Wildman–Crippen LogP) is 5.21. The fourth-order valence-electron chi connectivity index (χ4n) is 4.59. The van der Waals surface area contributed by atoms with E-state index in [-0.39, 0.29) is 17.5 Å². The van der Waals surface area contributed by atoms with Gasteiger partial charge in [-0.25, -0.2) is 4.98 Å². The first-order valence-corrected chi connectivity index (χ1v) is 11.8. The van der Waals surface area contributed by atoms with Gasteiger partial charge in [0.05, 0.1) is 17.6 Å². The summed E-state index contributed by atoms with van der Waals surface area (Å²) in [5.41, 5.74) is 6.05. The van der Waals surface area contributed by atoms with Crippen LogP contribution in [0.5, 0.6) is 0 Å². The lowest BCUT2D eigenvalue weighted by Crippen LogP contribution is -2.35. The second-order valence-corrected chi connectivity index (χ2v) is 9.23. The minimum Gasteiger partial charge on any atom is -0.349 e. The van der Waals surface area contributed by atoms with Gasteiger partial charge in [0.25, 0.3) is 11.5 Å². The molecule has 0 unspecified atom stereocenters. The maximum absolute atomic E-state index is 12.9. The van der Waals surface area contributed by atoms with Crippen LogP contribution in [0.1, 0.15) is 77.7 Å². The number of hydrogen-bond donors (Lipinski definition) is 1. The Kier molecular flexibility index (Phi) is 6.73. The summed E-state index contributed by atoms with van der Waals surface area (Å²) in [5, 5.41) is 3.22. The Morgan fingerprint density at radius 3 is 2.28 bits per heavy atom. The molecule has 0 aliphatic heterocycles. The van der Waals surface area contributed by atoms with E-state index in [0.717, 1.165) is 40.6 Å². The first-order valence-electron chi connectivity index (χ1n) is 11.8. The van der Waals surface area contributed by atoms with Crippen molar-refractivity contribution in [2.24, 2.45) is 0 Å². The number of aromatic nitrogens is 2. The van der Waals surface area contributed by atoms with E-state index in [2.05, 4.69) is 17.2 Å². The van der Waals surface area contributed by atoms with Gasteiger partial charge in [-0.05, 0) is 74.6 Å². The van der Waals surface area contributed by atoms with Crippen LogP contribution in [0.4, 0.5) is 0 Å². The molecular weight excluding hydrogens is 398 g/mol. The number of carbonyl (C=O) groups is 1. The number of fused-ring (bicyclic) bond motifs is 1. The summed E-state index contributed by atoms with van der Waals surface area (Å²) in [4.78, 5) is 30.1. The quantitative estimate of drug-likeness (QED) is 0.616. The Balaban J connectivity index is 1.53. The third-order valence-corrected chi connectivity index (χ3v) is 6.72. The molecule has 0 saturated heterocycles. The molecule has 1 aromatic heterocycles. The Labute approximate surface area is 189 Å². The standard InChI is InChI=1S/C27H33N3O2/c1-18-15-24-25(16-19(18)2)30(27(32)20(3)28-24)17-21-11-13-22(14-12-21)26(31)29-23-9-7-5-4-6-8-10-23/h11-16,23H,4-10,17H2,1-3H3,(H,29,31). The van der Waals surface area contributed by atoms with E-state index in [1.54, 1.807) is 11.5 Å². The predicted molar refractivity (Wildman–Crippen MR) is 129 cm³/mol. The average Bonchev–Trinajstić information content (AvgIpc) is 2.75. The summed E-state index contributed by atoms with van der Waals surface area (Å²) < 4.78 is 1.79. The van der Waals surface area contributed by atoms with Gasteiger partial charge < -0.3 is 9.88 Å². The van der Waals surface area contributed by atoms with Crippen molar-refractivity contribution in [2.45, 2.75) is 78.3 Å². The molecule has 1 heterocycles. The van der Waals surface area contributed by atoms with Gasteiger partial charge in [0, 0.05) is 11.6 Å². The molecule has 0 radical (unpaired) electrons. The molecule has 32 heavy (non-hydrogen) atoms. The van der Waals surface area contributed by atoms with Crippen molar-refractivity contribution in [3.05, 3.63) is 74.7 Å². The number of rotatable bonds is 4. The van der Waals surface area contributed by atoms with Crippen LogP contribution >= 0.6 is 0 Å². The monoisotopic (exact) mass is 431 g/mol. The van der Waals surface area contributed by atoms with Crippen LogP contribution in [0, 0.1) is 20.8 Å². The topological polar surface area (TPSA) is 64.0 Å². The second kappa shape index (κ2) is 9.68. The number of carbonyl (C=O) groups excluding carboxylic acids is 1. The van der Waals surface area contributed by atoms with Crippen molar-refractivity contribution in [2.75, 3.05) is 0 Å². The maximum atomic E-state index is 12.9. The third-order valence-electron chi connectivity index (χ3n) is 6.72. The Morgan fingerprint density at radius 2 is 1.59 bits per heavy atom. The zero-order valence-corrected chi connectivity index (χ0v) is 19.4. The van der Waals surface area contributed by atoms with Gasteiger partial charge in [-0.15, -0.1) is 0 Å². The molecule has 1 N–H and O–H groups in total. The van der Waals surface area contributed by atoms with E-state index in [1.165, 1.54) is 32.1 Å². The number of nitrogens with one attached hydrogen (secondary N) is 1. The molecule has 1 aliphatic carbocycles. The van der Waals surface area contributed by atoms with Crippen LogP contribution < -0.4 is 10.9 Å². The Bertz CT molecular complexity index is 1170. The van der Waals surface area contributed by atoms with E-state index in [0.29, 0.717) is 17.8 Å². The number of amides is 1. The normalized spacial score (nSPS) is 15.3. The van der Waals surface area contributed by atoms with E-state index >= 15 is 0 Å². The molecule has 0 atom stereocenters. The van der Waals surface area contributed by atoms with E-state index < -0.39 is 0 Å². The lowest BCUT2D eigenvalue weighted by molar-refractivity contribution is 0.0930. The smallest absolute Gasteiger partial charge is 0.272 e. The summed E-state index contributed by atoms with van der Waals surface area (Å²) in [6, 6.07) is 12.0. The molecule has 1 saturated carbocycles. The van der Waals surface area contributed by atoms with Crippen LogP contribution in [-0.2, 0) is 6.54 Å². The molecule has 1 fully saturated rings. The van der Waals surface area contributed by atoms with Gasteiger partial charge in [-0.3, -0.25) is 9.59 Å². The highest BCUT2D eigenvalue weighted by Crippen LogP contribution is 2.19. The van der Waals surface area contributed by atoms with Crippen LogP contribution in [0.3, 0.4) is 0 Å². The SMILES string of the molecule is Cc1cc2nc(C)c(=O)n(Cc3ccc(C(=O)NC4CCCCCCC4)cc3)c2cc1C. The van der Waals surface area contributed by atoms with Gasteiger partial charge in [-0.1, -0.05) is 44.2 Å². The minimum absolute atomic E-state index is 0.00408. The lowest BCUT2D eigenvalue weighted by Gasteiger charge is -2.21. The molecule has 168 valence electrons. The maximum Gasteiger partial charge on any atom is 0.272 e. The zero-order chi connectivity index (χ0) is 22.7. The van der Waals surface area contributed by atoms with Gasteiger partial charge in [0.1, 0.15) is 5.69 Å². The lowest BCUT2D eigenvalue weighted by atomic mass is 9.96. The number of aryl methyl sites for hydroxylation is 3. The van der Waals surface area contributed by atoms with Crippen molar-refractivity contribution in [3.63, 3.8) is 0 Å². The fraction of sp³-hybridized carbons (Fsp3) is 0.444. The van der Waals surface area contributed by atoms with Crippen molar-refractivity contribution in [1.29, 1.82) is 0 Å². The van der Waals surface area contributed by atoms with Gasteiger partial charge in [0.15, 0.2) is 0 Å². The average molecular weight is 432 g/mol. The fourth-order valence-corrected chi connectivity index (χ4v) is 4.59. The number of benzene rings is 2. The van der Waals surface area contributed by atoms with Crippen molar-refractivity contribution < 1.29 is 4.79 Å². The van der Waals surface area contributed by atoms with Crippen molar-refractivity contribution in [1.82, 2.24) is 14.9 Å². The largest absolute Gasteiger partial charge is 0.349 e. The summed E-state index contributed by atoms with van der Waals surface area (Å²) >= 11 is 0. The van der Waals surface area contributed by atoms with Crippen LogP contribution in [0.15, 0.2) is 41.2 Å². The first-order chi connectivity index (χ1) is 15.4. The molecule has 3 aromatic rings. The molecule has 5 nitrogen and oxygen atoms in total. The minimum atomic E-state index is -0.0770. The summed E-state index contributed by atoms with van der Waals surface area (Å²) in [6.07, 6.45) is 8.37. The summed E-state index contributed by atoms with van der Waals surface area (Å²) in [6.45, 7) is 6.32. The molecule has 0 bridgehead atoms. The van der Waals surface area contributed by atoms with Gasteiger partial charge in [-0.2, -0.15) is 0 Å². The Morgan fingerprint density at radius 1 is 0.969 bits per heavy atom. The van der Waals surface area contributed by atoms with E-state index in [1.807, 2.05) is 43.3 Å². The van der Waals surface area contributed by atoms with Gasteiger partial charge in [0.2, 0.25) is 0 Å². The van der Waals surface area contributed by atoms with Crippen LogP contribution in [-0.4, -0.2) is 21.5 Å². The molecule has 0 spiro atoms. The highest BCUT2D eigenvalue weighted by Gasteiger charge is 2.16. The van der Waals surface area contributed by atoms with Crippen molar-refractivity contribution in [3.8, 4) is 0 Å². The molecule has 2 aromatic carbocycles. The molecule has 1 amide bonds.